The molecule has 4 rings (SSSR count). The molecule has 0 aliphatic rings. The van der Waals surface area contributed by atoms with Crippen LogP contribution in [-0.4, -0.2) is 19.7 Å². The average Bonchev–Trinajstić information content (AvgIpc) is 3.23. The Morgan fingerprint density at radius 3 is 2.54 bits per heavy atom. The Kier molecular flexibility index (Phi) is 5.22. The number of nitrogens with two attached hydrogens (primary N) is 1. The lowest BCUT2D eigenvalue weighted by Gasteiger charge is -2.05. The van der Waals surface area contributed by atoms with E-state index in [2.05, 4.69) is 31.0 Å². The molecule has 0 spiro atoms. The lowest BCUT2D eigenvalue weighted by atomic mass is 10.2. The summed E-state index contributed by atoms with van der Waals surface area (Å²) >= 11 is 3.56. The van der Waals surface area contributed by atoms with Gasteiger partial charge in [-0.15, -0.1) is 0 Å². The molecule has 0 aliphatic carbocycles. The highest BCUT2D eigenvalue weighted by molar-refractivity contribution is 9.10. The first-order valence-corrected chi connectivity index (χ1v) is 8.86. The van der Waals surface area contributed by atoms with Gasteiger partial charge in [-0.05, 0) is 40.2 Å². The Bertz CT molecular complexity index is 1020. The molecule has 134 valence electrons. The van der Waals surface area contributed by atoms with Crippen molar-refractivity contribution >= 4 is 32.7 Å². The van der Waals surface area contributed by atoms with Crippen LogP contribution in [0.2, 0.25) is 0 Å². The van der Waals surface area contributed by atoms with Gasteiger partial charge in [0, 0.05) is 18.9 Å². The maximum absolute atomic E-state index is 5.86. The first-order valence-electron chi connectivity index (χ1n) is 8.07. The first kappa shape index (κ1) is 17.9. The molecule has 0 saturated heterocycles. The van der Waals surface area contributed by atoms with Gasteiger partial charge in [-0.2, -0.15) is 5.10 Å². The van der Waals surface area contributed by atoms with Crippen LogP contribution < -0.4 is 10.5 Å². The number of aromatic nitrogens is 4. The molecule has 0 fully saturated rings. The number of halogens is 1. The lowest BCUT2D eigenvalue weighted by molar-refractivity contribution is 0.467. The number of hydrogen-bond donors (Lipinski definition) is 1. The predicted octanol–water partition coefficient (Wildman–Crippen LogP) is 4.79. The third-order valence-corrected chi connectivity index (χ3v) is 4.21. The summed E-state index contributed by atoms with van der Waals surface area (Å²) in [5.41, 5.74) is 7.62. The van der Waals surface area contributed by atoms with Gasteiger partial charge in [-0.25, -0.2) is 9.97 Å². The van der Waals surface area contributed by atoms with Crippen LogP contribution in [0.3, 0.4) is 0 Å². The van der Waals surface area contributed by atoms with Crippen molar-refractivity contribution in [1.29, 1.82) is 0 Å². The molecular formula is C18H18BrN5O2. The number of fused-ring (bicyclic) bond motifs is 1. The van der Waals surface area contributed by atoms with E-state index < -0.39 is 0 Å². The SMILES string of the molecule is CC.Cn1cc(-c2oc3ncnc(Oc4ccc(N)cc4)c3c2Br)cn1. The fraction of sp³-hybridized carbons (Fsp3) is 0.167. The molecule has 3 aromatic heterocycles. The average molecular weight is 416 g/mol. The van der Waals surface area contributed by atoms with Gasteiger partial charge in [0.25, 0.3) is 0 Å². The van der Waals surface area contributed by atoms with Gasteiger partial charge in [0.15, 0.2) is 5.76 Å². The van der Waals surface area contributed by atoms with Crippen molar-refractivity contribution in [2.75, 3.05) is 5.73 Å². The summed E-state index contributed by atoms with van der Waals surface area (Å²) in [6.45, 7) is 4.00. The third-order valence-electron chi connectivity index (χ3n) is 3.46. The van der Waals surface area contributed by atoms with Crippen molar-refractivity contribution in [3.63, 3.8) is 0 Å². The van der Waals surface area contributed by atoms with E-state index in [1.807, 2.05) is 27.1 Å². The largest absolute Gasteiger partial charge is 0.438 e. The summed E-state index contributed by atoms with van der Waals surface area (Å²) in [5.74, 6) is 1.65. The standard InChI is InChI=1S/C16H12BrN5O2.C2H6/c1-22-7-9(6-21-22)14-13(17)12-15(19-8-20-16(12)24-14)23-11-4-2-10(18)3-5-11;1-2/h2-8H,18H2,1H3;1-2H3. The molecule has 2 N–H and O–H groups in total. The summed E-state index contributed by atoms with van der Waals surface area (Å²) in [7, 11) is 1.84. The number of anilines is 1. The molecule has 4 aromatic rings. The number of ether oxygens (including phenoxy) is 1. The molecule has 0 radical (unpaired) electrons. The molecule has 0 saturated carbocycles. The molecule has 1 aromatic carbocycles. The van der Waals surface area contributed by atoms with E-state index in [1.165, 1.54) is 6.33 Å². The highest BCUT2D eigenvalue weighted by Gasteiger charge is 2.20. The van der Waals surface area contributed by atoms with Crippen molar-refractivity contribution in [3.8, 4) is 23.0 Å². The molecule has 8 heteroatoms. The number of aryl methyl sites for hydroxylation is 1. The Hall–Kier alpha value is -2.87. The van der Waals surface area contributed by atoms with Crippen molar-refractivity contribution in [3.05, 3.63) is 47.5 Å². The van der Waals surface area contributed by atoms with E-state index in [-0.39, 0.29) is 0 Å². The Morgan fingerprint density at radius 1 is 1.15 bits per heavy atom. The monoisotopic (exact) mass is 415 g/mol. The van der Waals surface area contributed by atoms with Crippen molar-refractivity contribution in [2.24, 2.45) is 7.05 Å². The Morgan fingerprint density at radius 2 is 1.88 bits per heavy atom. The van der Waals surface area contributed by atoms with Crippen LogP contribution in [0.1, 0.15) is 13.8 Å². The maximum Gasteiger partial charge on any atom is 0.234 e. The summed E-state index contributed by atoms with van der Waals surface area (Å²) in [6, 6.07) is 7.08. The van der Waals surface area contributed by atoms with Gasteiger partial charge in [-0.3, -0.25) is 4.68 Å². The number of nitrogen functional groups attached to an aromatic ring is 1. The van der Waals surface area contributed by atoms with Crippen LogP contribution in [0.25, 0.3) is 22.4 Å². The van der Waals surface area contributed by atoms with Gasteiger partial charge in [-0.1, -0.05) is 13.8 Å². The van der Waals surface area contributed by atoms with Gasteiger partial charge >= 0.3 is 0 Å². The van der Waals surface area contributed by atoms with Gasteiger partial charge < -0.3 is 14.9 Å². The fourth-order valence-corrected chi connectivity index (χ4v) is 2.97. The summed E-state index contributed by atoms with van der Waals surface area (Å²) in [4.78, 5) is 8.40. The van der Waals surface area contributed by atoms with Crippen LogP contribution in [-0.2, 0) is 7.05 Å². The Labute approximate surface area is 158 Å². The highest BCUT2D eigenvalue weighted by Crippen LogP contribution is 2.41. The van der Waals surface area contributed by atoms with Crippen LogP contribution >= 0.6 is 15.9 Å². The number of benzene rings is 1. The zero-order chi connectivity index (χ0) is 18.7. The lowest BCUT2D eigenvalue weighted by Crippen LogP contribution is -1.91. The van der Waals surface area contributed by atoms with Gasteiger partial charge in [0.1, 0.15) is 17.5 Å². The van der Waals surface area contributed by atoms with E-state index in [9.17, 15) is 0 Å². The normalized spacial score (nSPS) is 10.5. The van der Waals surface area contributed by atoms with Crippen molar-refractivity contribution < 1.29 is 9.15 Å². The number of nitrogens with zero attached hydrogens (tertiary/aromatic N) is 4. The molecule has 0 amide bonds. The molecule has 0 aliphatic heterocycles. The maximum atomic E-state index is 5.86. The van der Waals surface area contributed by atoms with Gasteiger partial charge in [0.2, 0.25) is 11.6 Å². The number of rotatable bonds is 3. The minimum Gasteiger partial charge on any atom is -0.438 e. The second-order valence-corrected chi connectivity index (χ2v) is 5.97. The minimum atomic E-state index is 0.399. The zero-order valence-corrected chi connectivity index (χ0v) is 16.2. The van der Waals surface area contributed by atoms with E-state index in [1.54, 1.807) is 35.1 Å². The van der Waals surface area contributed by atoms with Crippen LogP contribution in [0.5, 0.6) is 11.6 Å². The molecule has 7 nitrogen and oxygen atoms in total. The molecule has 26 heavy (non-hydrogen) atoms. The third kappa shape index (κ3) is 3.41. The van der Waals surface area contributed by atoms with Gasteiger partial charge in [0.05, 0.1) is 16.2 Å². The topological polar surface area (TPSA) is 92.0 Å². The van der Waals surface area contributed by atoms with Crippen LogP contribution in [0.4, 0.5) is 5.69 Å². The minimum absolute atomic E-state index is 0.399. The smallest absolute Gasteiger partial charge is 0.234 e. The molecule has 3 heterocycles. The summed E-state index contributed by atoms with van der Waals surface area (Å²) < 4.78 is 14.1. The second kappa shape index (κ2) is 7.57. The van der Waals surface area contributed by atoms with Crippen LogP contribution in [0, 0.1) is 0 Å². The quantitative estimate of drug-likeness (QED) is 0.483. The fourth-order valence-electron chi connectivity index (χ4n) is 2.32. The van der Waals surface area contributed by atoms with Crippen molar-refractivity contribution in [2.45, 2.75) is 13.8 Å². The van der Waals surface area contributed by atoms with Crippen LogP contribution in [0.15, 0.2) is 51.9 Å². The molecular weight excluding hydrogens is 398 g/mol. The highest BCUT2D eigenvalue weighted by atomic mass is 79.9. The number of furan rings is 1. The summed E-state index contributed by atoms with van der Waals surface area (Å²) in [5, 5.41) is 4.82. The van der Waals surface area contributed by atoms with Crippen molar-refractivity contribution in [1.82, 2.24) is 19.7 Å². The summed E-state index contributed by atoms with van der Waals surface area (Å²) in [6.07, 6.45) is 4.98. The molecule has 0 unspecified atom stereocenters. The van der Waals surface area contributed by atoms with E-state index >= 15 is 0 Å². The van der Waals surface area contributed by atoms with E-state index in [0.717, 1.165) is 10.0 Å². The molecule has 0 atom stereocenters. The first-order chi connectivity index (χ1) is 12.6. The molecule has 0 bridgehead atoms. The predicted molar refractivity (Wildman–Crippen MR) is 104 cm³/mol. The second-order valence-electron chi connectivity index (χ2n) is 5.18. The van der Waals surface area contributed by atoms with E-state index in [0.29, 0.717) is 34.2 Å². The zero-order valence-electron chi connectivity index (χ0n) is 14.6. The Balaban J connectivity index is 0.000000948. The number of hydrogen-bond acceptors (Lipinski definition) is 6. The van der Waals surface area contributed by atoms with E-state index in [4.69, 9.17) is 14.9 Å².